The van der Waals surface area contributed by atoms with Gasteiger partial charge in [-0.3, -0.25) is 9.59 Å². The van der Waals surface area contributed by atoms with Crippen molar-refractivity contribution in [3.63, 3.8) is 0 Å². The van der Waals surface area contributed by atoms with Crippen LogP contribution in [-0.2, 0) is 16.1 Å². The molecule has 1 saturated carbocycles. The third kappa shape index (κ3) is 5.04. The topological polar surface area (TPSA) is 125 Å². The highest BCUT2D eigenvalue weighted by Crippen LogP contribution is 2.45. The highest BCUT2D eigenvalue weighted by Gasteiger charge is 2.60. The van der Waals surface area contributed by atoms with Crippen LogP contribution < -0.4 is 15.8 Å². The molecule has 9 nitrogen and oxygen atoms in total. The number of fused-ring (bicyclic) bond motifs is 2. The maximum atomic E-state index is 13.6. The Morgan fingerprint density at radius 2 is 2.00 bits per heavy atom. The Kier molecular flexibility index (Phi) is 7.11. The number of carbonyl (C=O) groups excluding carboxylic acids is 3. The third-order valence-electron chi connectivity index (χ3n) is 7.10. The van der Waals surface area contributed by atoms with Gasteiger partial charge in [0.2, 0.25) is 11.8 Å². The van der Waals surface area contributed by atoms with Crippen molar-refractivity contribution in [2.45, 2.75) is 62.8 Å². The summed E-state index contributed by atoms with van der Waals surface area (Å²) in [5, 5.41) is 13.2. The van der Waals surface area contributed by atoms with Gasteiger partial charge >= 0.3 is 6.03 Å². The first kappa shape index (κ1) is 24.1. The molecule has 184 valence electrons. The fourth-order valence-corrected chi connectivity index (χ4v) is 4.96. The lowest BCUT2D eigenvalue weighted by Crippen LogP contribution is -2.56. The van der Waals surface area contributed by atoms with Crippen LogP contribution in [0.3, 0.4) is 0 Å². The standard InChI is InChI=1S/C25H34N4O5/c1-34-20-10-8-17(9-11-20)15-28-12-6-4-2-3-5-7-18-14-25(18,23(26)32)27-22(31)21-13-19(30)16-29(21)24(28)33/h5,7-11,18-19,21,30H,2-4,6,12-16H2,1H3,(H2,26,32)(H,27,31). The summed E-state index contributed by atoms with van der Waals surface area (Å²) in [7, 11) is 1.60. The molecule has 4 amide bonds. The zero-order valence-electron chi connectivity index (χ0n) is 19.6. The minimum atomic E-state index is -1.11. The number of aliphatic hydroxyl groups is 1. The lowest BCUT2D eigenvalue weighted by Gasteiger charge is -2.32. The highest BCUT2D eigenvalue weighted by molar-refractivity contribution is 5.96. The predicted octanol–water partition coefficient (Wildman–Crippen LogP) is 1.54. The van der Waals surface area contributed by atoms with Gasteiger partial charge in [0.1, 0.15) is 17.3 Å². The van der Waals surface area contributed by atoms with E-state index in [2.05, 4.69) is 5.32 Å². The molecule has 4 atom stereocenters. The molecule has 0 radical (unpaired) electrons. The van der Waals surface area contributed by atoms with Gasteiger partial charge in [-0.15, -0.1) is 0 Å². The van der Waals surface area contributed by atoms with Crippen molar-refractivity contribution in [1.82, 2.24) is 15.1 Å². The minimum Gasteiger partial charge on any atom is -0.497 e. The zero-order chi connectivity index (χ0) is 24.3. The van der Waals surface area contributed by atoms with Gasteiger partial charge in [0.05, 0.1) is 13.2 Å². The number of nitrogens with one attached hydrogen (secondary N) is 1. The summed E-state index contributed by atoms with van der Waals surface area (Å²) in [6.07, 6.45) is 7.41. The fourth-order valence-electron chi connectivity index (χ4n) is 4.96. The first-order valence-corrected chi connectivity index (χ1v) is 12.0. The zero-order valence-corrected chi connectivity index (χ0v) is 19.6. The van der Waals surface area contributed by atoms with Crippen molar-refractivity contribution < 1.29 is 24.2 Å². The summed E-state index contributed by atoms with van der Waals surface area (Å²) in [4.78, 5) is 42.2. The van der Waals surface area contributed by atoms with Crippen LogP contribution in [0.25, 0.3) is 0 Å². The first-order valence-electron chi connectivity index (χ1n) is 12.0. The number of hydrogen-bond donors (Lipinski definition) is 3. The second-order valence-corrected chi connectivity index (χ2v) is 9.52. The quantitative estimate of drug-likeness (QED) is 0.576. The largest absolute Gasteiger partial charge is 0.497 e. The second-order valence-electron chi connectivity index (χ2n) is 9.52. The summed E-state index contributed by atoms with van der Waals surface area (Å²) < 4.78 is 5.22. The van der Waals surface area contributed by atoms with Crippen LogP contribution in [0.2, 0.25) is 0 Å². The molecule has 0 bridgehead atoms. The third-order valence-corrected chi connectivity index (χ3v) is 7.10. The average molecular weight is 471 g/mol. The molecule has 4 unspecified atom stereocenters. The molecule has 9 heteroatoms. The average Bonchev–Trinajstić information content (AvgIpc) is 3.38. The maximum absolute atomic E-state index is 13.6. The number of primary amides is 1. The number of hydrogen-bond acceptors (Lipinski definition) is 5. The molecule has 3 aliphatic rings. The van der Waals surface area contributed by atoms with Crippen molar-refractivity contribution in [2.75, 3.05) is 20.2 Å². The van der Waals surface area contributed by atoms with E-state index in [-0.39, 0.29) is 24.9 Å². The number of methoxy groups -OCH3 is 1. The van der Waals surface area contributed by atoms with E-state index in [0.29, 0.717) is 19.5 Å². The van der Waals surface area contributed by atoms with Crippen molar-refractivity contribution >= 4 is 17.8 Å². The van der Waals surface area contributed by atoms with Gasteiger partial charge in [0.15, 0.2) is 0 Å². The molecule has 4 rings (SSSR count). The van der Waals surface area contributed by atoms with E-state index in [4.69, 9.17) is 10.5 Å². The first-order chi connectivity index (χ1) is 16.3. The van der Waals surface area contributed by atoms with E-state index in [9.17, 15) is 19.5 Å². The number of rotatable bonds is 4. The number of amides is 4. The molecule has 1 aliphatic carbocycles. The molecule has 34 heavy (non-hydrogen) atoms. The molecule has 2 fully saturated rings. The van der Waals surface area contributed by atoms with E-state index >= 15 is 0 Å². The van der Waals surface area contributed by atoms with Gasteiger partial charge in [-0.05, 0) is 43.4 Å². The van der Waals surface area contributed by atoms with Gasteiger partial charge in [0, 0.05) is 32.0 Å². The monoisotopic (exact) mass is 470 g/mol. The van der Waals surface area contributed by atoms with Crippen LogP contribution in [0.4, 0.5) is 4.79 Å². The van der Waals surface area contributed by atoms with E-state index in [0.717, 1.165) is 37.0 Å². The molecular formula is C25H34N4O5. The SMILES string of the molecule is COc1ccc(CN2CCCCCC=CC3CC3(C(N)=O)NC(=O)C3CC(O)CN3C2=O)cc1. The molecular weight excluding hydrogens is 436 g/mol. The second kappa shape index (κ2) is 10.0. The smallest absolute Gasteiger partial charge is 0.321 e. The van der Waals surface area contributed by atoms with E-state index in [1.807, 2.05) is 36.4 Å². The van der Waals surface area contributed by atoms with Crippen LogP contribution in [0.15, 0.2) is 36.4 Å². The predicted molar refractivity (Wildman–Crippen MR) is 126 cm³/mol. The maximum Gasteiger partial charge on any atom is 0.321 e. The summed E-state index contributed by atoms with van der Waals surface area (Å²) >= 11 is 0. The van der Waals surface area contributed by atoms with Crippen LogP contribution in [-0.4, -0.2) is 70.6 Å². The van der Waals surface area contributed by atoms with E-state index in [1.54, 1.807) is 12.0 Å². The molecule has 1 aromatic rings. The van der Waals surface area contributed by atoms with Crippen LogP contribution in [0, 0.1) is 5.92 Å². The molecule has 1 saturated heterocycles. The molecule has 2 aliphatic heterocycles. The lowest BCUT2D eigenvalue weighted by atomic mass is 10.1. The van der Waals surface area contributed by atoms with Crippen molar-refractivity contribution in [3.8, 4) is 5.75 Å². The minimum absolute atomic E-state index is 0.0724. The number of nitrogens with two attached hydrogens (primary N) is 1. The van der Waals surface area contributed by atoms with Gasteiger partial charge in [-0.2, -0.15) is 0 Å². The summed E-state index contributed by atoms with van der Waals surface area (Å²) in [6, 6.07) is 6.39. The van der Waals surface area contributed by atoms with Gasteiger partial charge in [-0.1, -0.05) is 30.7 Å². The highest BCUT2D eigenvalue weighted by atomic mass is 16.5. The Bertz CT molecular complexity index is 949. The Hall–Kier alpha value is -3.07. The molecule has 4 N–H and O–H groups in total. The Balaban J connectivity index is 1.57. The van der Waals surface area contributed by atoms with Crippen LogP contribution >= 0.6 is 0 Å². The number of benzene rings is 1. The number of aliphatic hydroxyl groups excluding tert-OH is 1. The van der Waals surface area contributed by atoms with Crippen molar-refractivity contribution in [1.29, 1.82) is 0 Å². The molecule has 2 heterocycles. The summed E-state index contributed by atoms with van der Waals surface area (Å²) in [5.41, 5.74) is 5.49. The van der Waals surface area contributed by atoms with Crippen molar-refractivity contribution in [2.24, 2.45) is 11.7 Å². The van der Waals surface area contributed by atoms with Crippen LogP contribution in [0.1, 0.15) is 44.1 Å². The normalized spacial score (nSPS) is 30.0. The number of nitrogens with zero attached hydrogens (tertiary/aromatic N) is 2. The molecule has 0 spiro atoms. The number of ether oxygens (including phenoxy) is 1. The Labute approximate surface area is 199 Å². The molecule has 1 aromatic carbocycles. The number of urea groups is 1. The lowest BCUT2D eigenvalue weighted by molar-refractivity contribution is -0.130. The Morgan fingerprint density at radius 3 is 2.71 bits per heavy atom. The van der Waals surface area contributed by atoms with Crippen molar-refractivity contribution in [3.05, 3.63) is 42.0 Å². The van der Waals surface area contributed by atoms with E-state index < -0.39 is 29.5 Å². The molecule has 0 aromatic heterocycles. The number of carbonyl (C=O) groups is 3. The van der Waals surface area contributed by atoms with Gasteiger partial charge in [-0.25, -0.2) is 4.79 Å². The summed E-state index contributed by atoms with van der Waals surface area (Å²) in [5.74, 6) is -0.418. The van der Waals surface area contributed by atoms with Gasteiger partial charge < -0.3 is 30.7 Å². The van der Waals surface area contributed by atoms with E-state index in [1.165, 1.54) is 4.90 Å². The fraction of sp³-hybridized carbons (Fsp3) is 0.560. The van der Waals surface area contributed by atoms with Crippen LogP contribution in [0.5, 0.6) is 5.75 Å². The number of allylic oxidation sites excluding steroid dienone is 1. The summed E-state index contributed by atoms with van der Waals surface area (Å²) in [6.45, 7) is 1.00. The van der Waals surface area contributed by atoms with Gasteiger partial charge in [0.25, 0.3) is 0 Å². The Morgan fingerprint density at radius 1 is 1.24 bits per heavy atom.